The first-order chi connectivity index (χ1) is 19.6. The average Bonchev–Trinajstić information content (AvgIpc) is 3.66. The standard InChI is InChI=1S/C33H32N6O/c1-4-5-15-30-34-31-22(2)16-19-29(40-21-24-11-7-6-8-12-24)32(31)39(30)25-17-18-26(23(3)20-25)27-13-9-10-14-28(27)33-35-37-38-36-33/h6-14,16-20H,4-5,15,21H2,1-3H3,(H,35,36,37,38). The molecular formula is C33H32N6O. The molecule has 0 saturated heterocycles. The largest absolute Gasteiger partial charge is 0.487 e. The molecule has 0 atom stereocenters. The molecule has 4 aromatic carbocycles. The Bertz CT molecular complexity index is 1760. The van der Waals surface area contributed by atoms with E-state index >= 15 is 0 Å². The third kappa shape index (κ3) is 4.86. The number of nitrogens with one attached hydrogen (secondary N) is 1. The van der Waals surface area contributed by atoms with Gasteiger partial charge in [0.15, 0.2) is 0 Å². The van der Waals surface area contributed by atoms with Crippen LogP contribution in [0.5, 0.6) is 5.75 Å². The first-order valence-corrected chi connectivity index (χ1v) is 13.8. The highest BCUT2D eigenvalue weighted by Crippen LogP contribution is 2.36. The van der Waals surface area contributed by atoms with Gasteiger partial charge in [-0.3, -0.25) is 4.57 Å². The van der Waals surface area contributed by atoms with Gasteiger partial charge in [0, 0.05) is 17.7 Å². The number of ether oxygens (including phenoxy) is 1. The van der Waals surface area contributed by atoms with E-state index in [4.69, 9.17) is 9.72 Å². The predicted molar refractivity (Wildman–Crippen MR) is 159 cm³/mol. The number of nitrogens with zero attached hydrogens (tertiary/aromatic N) is 5. The zero-order valence-corrected chi connectivity index (χ0v) is 23.1. The minimum Gasteiger partial charge on any atom is -0.487 e. The molecule has 0 bridgehead atoms. The van der Waals surface area contributed by atoms with E-state index in [0.29, 0.717) is 12.4 Å². The van der Waals surface area contributed by atoms with E-state index < -0.39 is 0 Å². The minimum atomic E-state index is 0.499. The lowest BCUT2D eigenvalue weighted by atomic mass is 9.95. The van der Waals surface area contributed by atoms with E-state index in [2.05, 4.69) is 94.5 Å². The van der Waals surface area contributed by atoms with Gasteiger partial charge in [-0.25, -0.2) is 4.98 Å². The van der Waals surface area contributed by atoms with Gasteiger partial charge < -0.3 is 4.74 Å². The van der Waals surface area contributed by atoms with Crippen LogP contribution in [0.3, 0.4) is 0 Å². The molecule has 6 aromatic rings. The van der Waals surface area contributed by atoms with Gasteiger partial charge in [-0.2, -0.15) is 5.21 Å². The van der Waals surface area contributed by atoms with Crippen molar-refractivity contribution in [3.05, 3.63) is 107 Å². The van der Waals surface area contributed by atoms with Crippen molar-refractivity contribution in [3.8, 4) is 34.0 Å². The zero-order chi connectivity index (χ0) is 27.5. The van der Waals surface area contributed by atoms with Crippen molar-refractivity contribution < 1.29 is 4.74 Å². The van der Waals surface area contributed by atoms with E-state index in [1.165, 1.54) is 0 Å². The molecular weight excluding hydrogens is 496 g/mol. The number of aromatic amines is 1. The van der Waals surface area contributed by atoms with Crippen molar-refractivity contribution in [2.75, 3.05) is 0 Å². The van der Waals surface area contributed by atoms with E-state index in [1.54, 1.807) is 0 Å². The van der Waals surface area contributed by atoms with Gasteiger partial charge in [0.2, 0.25) is 5.82 Å². The van der Waals surface area contributed by atoms with Crippen LogP contribution in [0.1, 0.15) is 42.3 Å². The summed E-state index contributed by atoms with van der Waals surface area (Å²) in [7, 11) is 0. The number of H-pyrrole nitrogens is 1. The van der Waals surface area contributed by atoms with Gasteiger partial charge in [0.1, 0.15) is 23.7 Å². The molecule has 0 saturated carbocycles. The Morgan fingerprint density at radius 3 is 2.38 bits per heavy atom. The molecule has 2 aromatic heterocycles. The van der Waals surface area contributed by atoms with Crippen molar-refractivity contribution in [1.29, 1.82) is 0 Å². The highest BCUT2D eigenvalue weighted by molar-refractivity contribution is 5.88. The molecule has 0 aliphatic carbocycles. The lowest BCUT2D eigenvalue weighted by Crippen LogP contribution is -2.04. The van der Waals surface area contributed by atoms with Crippen molar-refractivity contribution in [2.24, 2.45) is 0 Å². The predicted octanol–water partition coefficient (Wildman–Crippen LogP) is 7.41. The first-order valence-electron chi connectivity index (χ1n) is 13.8. The van der Waals surface area contributed by atoms with Crippen LogP contribution in [0.15, 0.2) is 84.9 Å². The number of rotatable bonds is 9. The third-order valence-corrected chi connectivity index (χ3v) is 7.30. The fourth-order valence-corrected chi connectivity index (χ4v) is 5.24. The maximum Gasteiger partial charge on any atom is 0.205 e. The number of aryl methyl sites for hydroxylation is 3. The lowest BCUT2D eigenvalue weighted by molar-refractivity contribution is 0.309. The maximum atomic E-state index is 6.44. The first kappa shape index (κ1) is 25.5. The Hall–Kier alpha value is -4.78. The second-order valence-electron chi connectivity index (χ2n) is 10.1. The fourth-order valence-electron chi connectivity index (χ4n) is 5.24. The summed E-state index contributed by atoms with van der Waals surface area (Å²) in [6.07, 6.45) is 3.06. The Balaban J connectivity index is 1.47. The number of imidazole rings is 1. The molecule has 0 unspecified atom stereocenters. The van der Waals surface area contributed by atoms with Crippen molar-refractivity contribution >= 4 is 11.0 Å². The summed E-state index contributed by atoms with van der Waals surface area (Å²) in [5.74, 6) is 2.47. The molecule has 7 heteroatoms. The molecule has 7 nitrogen and oxygen atoms in total. The zero-order valence-electron chi connectivity index (χ0n) is 23.1. The van der Waals surface area contributed by atoms with E-state index in [9.17, 15) is 0 Å². The molecule has 0 aliphatic rings. The fraction of sp³-hybridized carbons (Fsp3) is 0.212. The molecule has 40 heavy (non-hydrogen) atoms. The summed E-state index contributed by atoms with van der Waals surface area (Å²) in [5.41, 5.74) is 9.63. The quantitative estimate of drug-likeness (QED) is 0.211. The van der Waals surface area contributed by atoms with E-state index in [-0.39, 0.29) is 0 Å². The lowest BCUT2D eigenvalue weighted by Gasteiger charge is -2.16. The maximum absolute atomic E-state index is 6.44. The number of tetrazole rings is 1. The van der Waals surface area contributed by atoms with Gasteiger partial charge in [-0.15, -0.1) is 10.2 Å². The van der Waals surface area contributed by atoms with Gasteiger partial charge in [0.25, 0.3) is 0 Å². The normalized spacial score (nSPS) is 11.3. The molecule has 0 spiro atoms. The molecule has 0 fully saturated rings. The summed E-state index contributed by atoms with van der Waals surface area (Å²) in [4.78, 5) is 5.16. The van der Waals surface area contributed by atoms with Gasteiger partial charge in [-0.05, 0) is 71.5 Å². The second kappa shape index (κ2) is 11.1. The number of unbranched alkanes of at least 4 members (excludes halogenated alkanes) is 1. The van der Waals surface area contributed by atoms with Crippen molar-refractivity contribution in [1.82, 2.24) is 30.2 Å². The Labute approximate surface area is 233 Å². The monoisotopic (exact) mass is 528 g/mol. The summed E-state index contributed by atoms with van der Waals surface area (Å²) < 4.78 is 8.73. The summed E-state index contributed by atoms with van der Waals surface area (Å²) in [6.45, 7) is 6.98. The van der Waals surface area contributed by atoms with Crippen LogP contribution in [0.25, 0.3) is 39.2 Å². The van der Waals surface area contributed by atoms with Crippen LogP contribution in [0.4, 0.5) is 0 Å². The summed E-state index contributed by atoms with van der Waals surface area (Å²) >= 11 is 0. The van der Waals surface area contributed by atoms with Crippen LogP contribution < -0.4 is 4.74 Å². The van der Waals surface area contributed by atoms with E-state index in [1.807, 2.05) is 36.4 Å². The number of benzene rings is 4. The molecule has 0 amide bonds. The van der Waals surface area contributed by atoms with Gasteiger partial charge in [0.05, 0.1) is 5.52 Å². The Morgan fingerprint density at radius 2 is 1.62 bits per heavy atom. The van der Waals surface area contributed by atoms with Crippen LogP contribution >= 0.6 is 0 Å². The van der Waals surface area contributed by atoms with Crippen LogP contribution in [0.2, 0.25) is 0 Å². The molecule has 6 rings (SSSR count). The number of hydrogen-bond acceptors (Lipinski definition) is 5. The molecule has 200 valence electrons. The second-order valence-corrected chi connectivity index (χ2v) is 10.1. The van der Waals surface area contributed by atoms with Crippen molar-refractivity contribution in [3.63, 3.8) is 0 Å². The molecule has 1 N–H and O–H groups in total. The van der Waals surface area contributed by atoms with Gasteiger partial charge in [-0.1, -0.05) is 80.1 Å². The number of hydrogen-bond donors (Lipinski definition) is 1. The number of fused-ring (bicyclic) bond motifs is 1. The van der Waals surface area contributed by atoms with Crippen molar-refractivity contribution in [2.45, 2.75) is 46.6 Å². The Morgan fingerprint density at radius 1 is 0.825 bits per heavy atom. The topological polar surface area (TPSA) is 81.5 Å². The summed E-state index contributed by atoms with van der Waals surface area (Å²) in [6, 6.07) is 29.2. The molecule has 0 radical (unpaired) electrons. The highest BCUT2D eigenvalue weighted by Gasteiger charge is 2.20. The Kier molecular flexibility index (Phi) is 7.10. The molecule has 0 aliphatic heterocycles. The minimum absolute atomic E-state index is 0.499. The van der Waals surface area contributed by atoms with Gasteiger partial charge >= 0.3 is 0 Å². The van der Waals surface area contributed by atoms with Crippen LogP contribution in [0, 0.1) is 13.8 Å². The number of aromatic nitrogens is 6. The SMILES string of the molecule is CCCCc1nc2c(C)ccc(OCc3ccccc3)c2n1-c1ccc(-c2ccccc2-c2nn[nH]n2)c(C)c1. The third-order valence-electron chi connectivity index (χ3n) is 7.30. The van der Waals surface area contributed by atoms with Crippen LogP contribution in [-0.2, 0) is 13.0 Å². The molecule has 2 heterocycles. The van der Waals surface area contributed by atoms with Crippen LogP contribution in [-0.4, -0.2) is 30.2 Å². The smallest absolute Gasteiger partial charge is 0.205 e. The highest BCUT2D eigenvalue weighted by atomic mass is 16.5. The van der Waals surface area contributed by atoms with E-state index in [0.717, 1.165) is 80.9 Å². The average molecular weight is 529 g/mol. The summed E-state index contributed by atoms with van der Waals surface area (Å²) in [5, 5.41) is 14.8.